The molecule has 6 heteroatoms. The van der Waals surface area contributed by atoms with Crippen molar-refractivity contribution in [2.75, 3.05) is 6.61 Å². The highest BCUT2D eigenvalue weighted by Crippen LogP contribution is 2.29. The number of nitrogens with zero attached hydrogens (tertiary/aromatic N) is 1. The predicted octanol–water partition coefficient (Wildman–Crippen LogP) is 2.46. The van der Waals surface area contributed by atoms with Crippen LogP contribution in [0.1, 0.15) is 18.4 Å². The fraction of sp³-hybridized carbons (Fsp3) is 0.455. The molecule has 0 saturated heterocycles. The first kappa shape index (κ1) is 11.9. The summed E-state index contributed by atoms with van der Waals surface area (Å²) in [5.74, 6) is 0.517. The molecule has 1 aromatic heterocycles. The molecule has 1 aliphatic carbocycles. The molecular formula is C11H10F3NO2. The molecular weight excluding hydrogens is 235 g/mol. The summed E-state index contributed by atoms with van der Waals surface area (Å²) < 4.78 is 41.9. The lowest BCUT2D eigenvalue weighted by Crippen LogP contribution is -2.28. The summed E-state index contributed by atoms with van der Waals surface area (Å²) in [7, 11) is 0. The van der Waals surface area contributed by atoms with Crippen molar-refractivity contribution in [2.45, 2.75) is 19.0 Å². The number of aromatic nitrogens is 1. The molecule has 1 saturated carbocycles. The number of ether oxygens (including phenoxy) is 1. The molecule has 0 spiro atoms. The van der Waals surface area contributed by atoms with Gasteiger partial charge in [-0.1, -0.05) is 0 Å². The fourth-order valence-electron chi connectivity index (χ4n) is 1.54. The lowest BCUT2D eigenvalue weighted by Gasteiger charge is -2.23. The molecule has 0 radical (unpaired) electrons. The lowest BCUT2D eigenvalue weighted by molar-refractivity contribution is -0.138. The molecule has 0 aromatic carbocycles. The molecule has 3 nitrogen and oxygen atoms in total. The summed E-state index contributed by atoms with van der Waals surface area (Å²) in [6.07, 6.45) is -2.67. The molecule has 0 bridgehead atoms. The quantitative estimate of drug-likeness (QED) is 0.821. The Balaban J connectivity index is 1.88. The number of rotatable bonds is 3. The standard InChI is InChI=1S/C11H10F3NO2/c12-11(13,14)8-1-2-10(15-5-8)17-6-7-3-9(16)4-7/h1-2,5,7H,3-4,6H2. The van der Waals surface area contributed by atoms with Crippen LogP contribution in [0.25, 0.3) is 0 Å². The number of alkyl halides is 3. The number of ketones is 1. The van der Waals surface area contributed by atoms with E-state index in [4.69, 9.17) is 4.74 Å². The third-order valence-corrected chi connectivity index (χ3v) is 2.56. The van der Waals surface area contributed by atoms with E-state index in [1.807, 2.05) is 0 Å². The fourth-order valence-corrected chi connectivity index (χ4v) is 1.54. The Morgan fingerprint density at radius 1 is 1.35 bits per heavy atom. The van der Waals surface area contributed by atoms with E-state index in [0.29, 0.717) is 19.4 Å². The van der Waals surface area contributed by atoms with Crippen LogP contribution < -0.4 is 4.74 Å². The van der Waals surface area contributed by atoms with Crippen LogP contribution in [0.4, 0.5) is 13.2 Å². The third-order valence-electron chi connectivity index (χ3n) is 2.56. The van der Waals surface area contributed by atoms with Crippen molar-refractivity contribution in [1.29, 1.82) is 0 Å². The summed E-state index contributed by atoms with van der Waals surface area (Å²) in [5, 5.41) is 0. The summed E-state index contributed by atoms with van der Waals surface area (Å²) in [5.41, 5.74) is -0.802. The lowest BCUT2D eigenvalue weighted by atomic mass is 9.85. The van der Waals surface area contributed by atoms with Crippen LogP contribution in [0.5, 0.6) is 5.88 Å². The molecule has 17 heavy (non-hydrogen) atoms. The highest BCUT2D eigenvalue weighted by atomic mass is 19.4. The van der Waals surface area contributed by atoms with Crippen LogP contribution >= 0.6 is 0 Å². The van der Waals surface area contributed by atoms with Crippen molar-refractivity contribution in [2.24, 2.45) is 5.92 Å². The number of Topliss-reactive ketones (excluding diaryl/α,β-unsaturated/α-hetero) is 1. The first-order valence-electron chi connectivity index (χ1n) is 5.13. The Morgan fingerprint density at radius 2 is 2.06 bits per heavy atom. The highest BCUT2D eigenvalue weighted by molar-refractivity contribution is 5.84. The van der Waals surface area contributed by atoms with Gasteiger partial charge in [0.2, 0.25) is 5.88 Å². The van der Waals surface area contributed by atoms with E-state index in [0.717, 1.165) is 12.3 Å². The molecule has 0 atom stereocenters. The van der Waals surface area contributed by atoms with Crippen molar-refractivity contribution in [3.63, 3.8) is 0 Å². The number of carbonyl (C=O) groups is 1. The monoisotopic (exact) mass is 245 g/mol. The molecule has 1 aliphatic rings. The molecule has 0 aliphatic heterocycles. The van der Waals surface area contributed by atoms with E-state index < -0.39 is 11.7 Å². The third kappa shape index (κ3) is 2.95. The number of carbonyl (C=O) groups excluding carboxylic acids is 1. The average molecular weight is 245 g/mol. The van der Waals surface area contributed by atoms with Gasteiger partial charge in [0.1, 0.15) is 5.78 Å². The van der Waals surface area contributed by atoms with E-state index in [2.05, 4.69) is 4.98 Å². The molecule has 1 aromatic rings. The molecule has 0 N–H and O–H groups in total. The second kappa shape index (κ2) is 4.35. The maximum absolute atomic E-state index is 12.2. The van der Waals surface area contributed by atoms with Gasteiger partial charge in [0, 0.05) is 31.0 Å². The first-order chi connectivity index (χ1) is 7.95. The number of hydrogen-bond acceptors (Lipinski definition) is 3. The minimum absolute atomic E-state index is 0.150. The molecule has 0 unspecified atom stereocenters. The zero-order chi connectivity index (χ0) is 12.5. The first-order valence-corrected chi connectivity index (χ1v) is 5.13. The van der Waals surface area contributed by atoms with Crippen molar-refractivity contribution in [3.05, 3.63) is 23.9 Å². The topological polar surface area (TPSA) is 39.2 Å². The largest absolute Gasteiger partial charge is 0.477 e. The van der Waals surface area contributed by atoms with E-state index >= 15 is 0 Å². The van der Waals surface area contributed by atoms with Gasteiger partial charge in [-0.2, -0.15) is 13.2 Å². The predicted molar refractivity (Wildman–Crippen MR) is 52.5 cm³/mol. The number of pyridine rings is 1. The van der Waals surface area contributed by atoms with Crippen molar-refractivity contribution in [3.8, 4) is 5.88 Å². The second-order valence-electron chi connectivity index (χ2n) is 4.01. The van der Waals surface area contributed by atoms with Crippen molar-refractivity contribution in [1.82, 2.24) is 4.98 Å². The molecule has 2 rings (SSSR count). The second-order valence-corrected chi connectivity index (χ2v) is 4.01. The van der Waals surface area contributed by atoms with E-state index in [1.54, 1.807) is 0 Å². The van der Waals surface area contributed by atoms with Crippen LogP contribution in [0.2, 0.25) is 0 Å². The SMILES string of the molecule is O=C1CC(COc2ccc(C(F)(F)F)cn2)C1. The van der Waals surface area contributed by atoms with E-state index in [-0.39, 0.29) is 17.6 Å². The maximum atomic E-state index is 12.2. The smallest absolute Gasteiger partial charge is 0.417 e. The summed E-state index contributed by atoms with van der Waals surface area (Å²) in [6, 6.07) is 2.11. The molecule has 0 amide bonds. The normalized spacial score (nSPS) is 16.8. The zero-order valence-corrected chi connectivity index (χ0v) is 8.83. The summed E-state index contributed by atoms with van der Waals surface area (Å²) in [4.78, 5) is 14.2. The Bertz CT molecular complexity index is 406. The minimum Gasteiger partial charge on any atom is -0.477 e. The van der Waals surface area contributed by atoms with E-state index in [1.165, 1.54) is 6.07 Å². The van der Waals surface area contributed by atoms with Crippen LogP contribution in [-0.2, 0) is 11.0 Å². The molecule has 1 heterocycles. The van der Waals surface area contributed by atoms with Crippen molar-refractivity contribution >= 4 is 5.78 Å². The van der Waals surface area contributed by atoms with Crippen LogP contribution in [0.15, 0.2) is 18.3 Å². The van der Waals surface area contributed by atoms with Gasteiger partial charge >= 0.3 is 6.18 Å². The Morgan fingerprint density at radius 3 is 2.53 bits per heavy atom. The van der Waals surface area contributed by atoms with E-state index in [9.17, 15) is 18.0 Å². The summed E-state index contributed by atoms with van der Waals surface area (Å²) in [6.45, 7) is 0.324. The number of hydrogen-bond donors (Lipinski definition) is 0. The molecule has 92 valence electrons. The van der Waals surface area contributed by atoms with Crippen LogP contribution in [0.3, 0.4) is 0 Å². The Labute approximate surface area is 95.6 Å². The van der Waals surface area contributed by atoms with Crippen LogP contribution in [-0.4, -0.2) is 17.4 Å². The minimum atomic E-state index is -4.38. The molecule has 1 fully saturated rings. The maximum Gasteiger partial charge on any atom is 0.417 e. The van der Waals surface area contributed by atoms with Crippen molar-refractivity contribution < 1.29 is 22.7 Å². The van der Waals surface area contributed by atoms with Crippen LogP contribution in [0, 0.1) is 5.92 Å². The van der Waals surface area contributed by atoms with Gasteiger partial charge in [-0.05, 0) is 6.07 Å². The van der Waals surface area contributed by atoms with Gasteiger partial charge in [-0.3, -0.25) is 4.79 Å². The number of halogens is 3. The van der Waals surface area contributed by atoms with Gasteiger partial charge in [-0.15, -0.1) is 0 Å². The highest BCUT2D eigenvalue weighted by Gasteiger charge is 2.31. The van der Waals surface area contributed by atoms with Gasteiger partial charge in [0.05, 0.1) is 12.2 Å². The van der Waals surface area contributed by atoms with Gasteiger partial charge in [0.15, 0.2) is 0 Å². The van der Waals surface area contributed by atoms with Gasteiger partial charge in [0.25, 0.3) is 0 Å². The van der Waals surface area contributed by atoms with Gasteiger partial charge < -0.3 is 4.74 Å². The Hall–Kier alpha value is -1.59. The summed E-state index contributed by atoms with van der Waals surface area (Å²) >= 11 is 0. The van der Waals surface area contributed by atoms with Gasteiger partial charge in [-0.25, -0.2) is 4.98 Å². The Kier molecular flexibility index (Phi) is 3.04. The average Bonchev–Trinajstić information content (AvgIpc) is 2.22. The zero-order valence-electron chi connectivity index (χ0n) is 8.83.